The van der Waals surface area contributed by atoms with Crippen LogP contribution in [0.1, 0.15) is 59.5 Å². The number of carboxylic acids is 1. The Morgan fingerprint density at radius 3 is 2.44 bits per heavy atom. The molecule has 0 aliphatic rings. The Labute approximate surface area is 163 Å². The molecule has 0 fully saturated rings. The third kappa shape index (κ3) is 6.36. The monoisotopic (exact) mass is 390 g/mol. The Morgan fingerprint density at radius 1 is 1.22 bits per heavy atom. The van der Waals surface area contributed by atoms with Crippen LogP contribution in [0, 0.1) is 6.92 Å². The molecule has 0 spiro atoms. The van der Waals surface area contributed by atoms with E-state index >= 15 is 0 Å². The van der Waals surface area contributed by atoms with Crippen LogP contribution < -0.4 is 10.1 Å². The Bertz CT molecular complexity index is 791. The lowest BCUT2D eigenvalue weighted by molar-refractivity contribution is -0.137. The second-order valence-corrected chi connectivity index (χ2v) is 8.36. The molecular weight excluding hydrogens is 364 g/mol. The van der Waals surface area contributed by atoms with Gasteiger partial charge in [-0.25, -0.2) is 4.98 Å². The number of amides is 1. The van der Waals surface area contributed by atoms with E-state index in [4.69, 9.17) is 9.84 Å². The van der Waals surface area contributed by atoms with E-state index in [-0.39, 0.29) is 17.7 Å². The Balaban J connectivity index is 1.86. The van der Waals surface area contributed by atoms with Gasteiger partial charge in [-0.1, -0.05) is 32.9 Å². The van der Waals surface area contributed by atoms with Crippen molar-refractivity contribution in [3.8, 4) is 5.75 Å². The van der Waals surface area contributed by atoms with Crippen molar-refractivity contribution < 1.29 is 19.4 Å². The van der Waals surface area contributed by atoms with E-state index in [0.717, 1.165) is 16.3 Å². The minimum absolute atomic E-state index is 0.0751. The summed E-state index contributed by atoms with van der Waals surface area (Å²) in [7, 11) is 0. The molecule has 0 aliphatic heterocycles. The number of carbonyl (C=O) groups is 2. The molecule has 0 saturated heterocycles. The number of nitrogens with one attached hydrogen (secondary N) is 1. The van der Waals surface area contributed by atoms with Crippen molar-refractivity contribution >= 4 is 23.2 Å². The molecule has 0 unspecified atom stereocenters. The molecule has 146 valence electrons. The van der Waals surface area contributed by atoms with Gasteiger partial charge in [0.1, 0.15) is 10.6 Å². The van der Waals surface area contributed by atoms with Gasteiger partial charge in [0, 0.05) is 18.4 Å². The van der Waals surface area contributed by atoms with Crippen molar-refractivity contribution in [2.75, 3.05) is 6.61 Å². The molecule has 7 heteroatoms. The number of carbonyl (C=O) groups excluding carboxylic acids is 1. The standard InChI is InChI=1S/C20H26N2O4S/c1-13-17(27-19(22-13)20(2,3)4)18(25)21-12-14-7-9-15(10-8-14)26-11-5-6-16(23)24/h7-10H,5-6,11-12H2,1-4H3,(H,21,25)(H,23,24). The minimum Gasteiger partial charge on any atom is -0.494 e. The molecule has 1 heterocycles. The summed E-state index contributed by atoms with van der Waals surface area (Å²) in [6, 6.07) is 7.40. The predicted molar refractivity (Wildman–Crippen MR) is 106 cm³/mol. The first kappa shape index (κ1) is 20.9. The van der Waals surface area contributed by atoms with Gasteiger partial charge in [0.15, 0.2) is 0 Å². The number of hydrogen-bond donors (Lipinski definition) is 2. The maximum absolute atomic E-state index is 12.5. The average molecular weight is 391 g/mol. The van der Waals surface area contributed by atoms with Crippen molar-refractivity contribution in [1.82, 2.24) is 10.3 Å². The Hall–Kier alpha value is -2.41. The van der Waals surface area contributed by atoms with Gasteiger partial charge in [-0.3, -0.25) is 9.59 Å². The van der Waals surface area contributed by atoms with E-state index in [1.165, 1.54) is 11.3 Å². The van der Waals surface area contributed by atoms with Gasteiger partial charge in [0.05, 0.1) is 17.3 Å². The summed E-state index contributed by atoms with van der Waals surface area (Å²) in [5.41, 5.74) is 1.64. The van der Waals surface area contributed by atoms with Crippen molar-refractivity contribution in [3.05, 3.63) is 45.4 Å². The maximum Gasteiger partial charge on any atom is 0.303 e. The minimum atomic E-state index is -0.824. The molecule has 1 amide bonds. The molecular formula is C20H26N2O4S. The van der Waals surface area contributed by atoms with E-state index in [2.05, 4.69) is 31.1 Å². The normalized spacial score (nSPS) is 11.3. The molecule has 0 radical (unpaired) electrons. The van der Waals surface area contributed by atoms with E-state index in [9.17, 15) is 9.59 Å². The third-order valence-corrected chi connectivity index (χ3v) is 5.41. The van der Waals surface area contributed by atoms with Crippen LogP contribution in [0.5, 0.6) is 5.75 Å². The molecule has 27 heavy (non-hydrogen) atoms. The summed E-state index contributed by atoms with van der Waals surface area (Å²) < 4.78 is 5.50. The number of thiazole rings is 1. The molecule has 2 aromatic rings. The number of benzene rings is 1. The van der Waals surface area contributed by atoms with Crippen molar-refractivity contribution in [2.24, 2.45) is 0 Å². The zero-order valence-electron chi connectivity index (χ0n) is 16.2. The van der Waals surface area contributed by atoms with Crippen LogP contribution in [0.4, 0.5) is 0 Å². The fourth-order valence-electron chi connectivity index (χ4n) is 2.31. The topological polar surface area (TPSA) is 88.5 Å². The first-order valence-corrected chi connectivity index (χ1v) is 9.68. The Kier molecular flexibility index (Phi) is 6.96. The number of hydrogen-bond acceptors (Lipinski definition) is 5. The summed E-state index contributed by atoms with van der Waals surface area (Å²) in [6.07, 6.45) is 0.565. The third-order valence-electron chi connectivity index (χ3n) is 3.82. The highest BCUT2D eigenvalue weighted by Gasteiger charge is 2.22. The number of rotatable bonds is 8. The summed E-state index contributed by atoms with van der Waals surface area (Å²) >= 11 is 1.44. The highest BCUT2D eigenvalue weighted by atomic mass is 32.1. The number of nitrogens with zero attached hydrogens (tertiary/aromatic N) is 1. The van der Waals surface area contributed by atoms with Crippen LogP contribution in [0.25, 0.3) is 0 Å². The lowest BCUT2D eigenvalue weighted by Crippen LogP contribution is -2.22. The first-order chi connectivity index (χ1) is 12.7. The molecule has 6 nitrogen and oxygen atoms in total. The van der Waals surface area contributed by atoms with Gasteiger partial charge in [-0.15, -0.1) is 11.3 Å². The number of carboxylic acid groups (broad SMARTS) is 1. The predicted octanol–water partition coefficient (Wildman–Crippen LogP) is 3.92. The van der Waals surface area contributed by atoms with Crippen LogP contribution in [0.2, 0.25) is 0 Å². The molecule has 1 aromatic carbocycles. The van der Waals surface area contributed by atoms with Crippen molar-refractivity contribution in [1.29, 1.82) is 0 Å². The highest BCUT2D eigenvalue weighted by Crippen LogP contribution is 2.29. The smallest absolute Gasteiger partial charge is 0.303 e. The highest BCUT2D eigenvalue weighted by molar-refractivity contribution is 7.14. The lowest BCUT2D eigenvalue weighted by Gasteiger charge is -2.13. The number of aliphatic carboxylic acids is 1. The van der Waals surface area contributed by atoms with Gasteiger partial charge >= 0.3 is 5.97 Å². The van der Waals surface area contributed by atoms with Crippen LogP contribution in [0.15, 0.2) is 24.3 Å². The molecule has 0 saturated carbocycles. The van der Waals surface area contributed by atoms with Crippen LogP contribution in [-0.4, -0.2) is 28.6 Å². The maximum atomic E-state index is 12.5. The first-order valence-electron chi connectivity index (χ1n) is 8.86. The summed E-state index contributed by atoms with van der Waals surface area (Å²) in [5.74, 6) is -0.256. The molecule has 0 bridgehead atoms. The van der Waals surface area contributed by atoms with Gasteiger partial charge in [-0.05, 0) is 31.0 Å². The molecule has 2 N–H and O–H groups in total. The quantitative estimate of drug-likeness (QED) is 0.667. The van der Waals surface area contributed by atoms with Gasteiger partial charge in [0.25, 0.3) is 5.91 Å². The lowest BCUT2D eigenvalue weighted by atomic mass is 9.98. The molecule has 2 rings (SSSR count). The SMILES string of the molecule is Cc1nc(C(C)(C)C)sc1C(=O)NCc1ccc(OCCCC(=O)O)cc1. The van der Waals surface area contributed by atoms with E-state index < -0.39 is 5.97 Å². The molecule has 0 atom stereocenters. The molecule has 1 aromatic heterocycles. The summed E-state index contributed by atoms with van der Waals surface area (Å²) in [5, 5.41) is 12.5. The Morgan fingerprint density at radius 2 is 1.89 bits per heavy atom. The van der Waals surface area contributed by atoms with Crippen molar-refractivity contribution in [2.45, 2.75) is 52.5 Å². The second-order valence-electron chi connectivity index (χ2n) is 7.36. The number of ether oxygens (including phenoxy) is 1. The summed E-state index contributed by atoms with van der Waals surface area (Å²) in [4.78, 5) is 28.1. The molecule has 0 aliphatic carbocycles. The van der Waals surface area contributed by atoms with Crippen LogP contribution >= 0.6 is 11.3 Å². The van der Waals surface area contributed by atoms with E-state index in [1.54, 1.807) is 0 Å². The zero-order valence-corrected chi connectivity index (χ0v) is 17.0. The summed E-state index contributed by atoms with van der Waals surface area (Å²) in [6.45, 7) is 8.88. The fraction of sp³-hybridized carbons (Fsp3) is 0.450. The van der Waals surface area contributed by atoms with Crippen LogP contribution in [-0.2, 0) is 16.8 Å². The zero-order chi connectivity index (χ0) is 20.0. The number of aryl methyl sites for hydroxylation is 1. The van der Waals surface area contributed by atoms with Crippen LogP contribution in [0.3, 0.4) is 0 Å². The largest absolute Gasteiger partial charge is 0.494 e. The second kappa shape index (κ2) is 8.99. The average Bonchev–Trinajstić information content (AvgIpc) is 3.00. The fourth-order valence-corrected chi connectivity index (χ4v) is 3.35. The van der Waals surface area contributed by atoms with Gasteiger partial charge < -0.3 is 15.2 Å². The number of aromatic nitrogens is 1. The van der Waals surface area contributed by atoms with Crippen molar-refractivity contribution in [3.63, 3.8) is 0 Å². The van der Waals surface area contributed by atoms with E-state index in [0.29, 0.717) is 30.2 Å². The van der Waals surface area contributed by atoms with Gasteiger partial charge in [-0.2, -0.15) is 0 Å². The van der Waals surface area contributed by atoms with Gasteiger partial charge in [0.2, 0.25) is 0 Å². The van der Waals surface area contributed by atoms with E-state index in [1.807, 2.05) is 31.2 Å².